The van der Waals surface area contributed by atoms with Crippen molar-refractivity contribution in [1.82, 2.24) is 14.6 Å². The molecule has 3 rings (SSSR count). The first-order valence-corrected chi connectivity index (χ1v) is 8.56. The van der Waals surface area contributed by atoms with Crippen molar-refractivity contribution in [3.8, 4) is 0 Å². The van der Waals surface area contributed by atoms with E-state index < -0.39 is 0 Å². The number of hydrogen-bond acceptors (Lipinski definition) is 5. The minimum Gasteiger partial charge on any atom is -0.326 e. The maximum absolute atomic E-state index is 12.4. The first kappa shape index (κ1) is 17.0. The third-order valence-corrected chi connectivity index (χ3v) is 4.46. The molecule has 128 valence electrons. The summed E-state index contributed by atoms with van der Waals surface area (Å²) in [4.78, 5) is 23.4. The zero-order valence-corrected chi connectivity index (χ0v) is 14.6. The number of fused-ring (bicyclic) bond motifs is 1. The minimum atomic E-state index is -0.345. The van der Waals surface area contributed by atoms with Crippen molar-refractivity contribution in [3.63, 3.8) is 0 Å². The van der Waals surface area contributed by atoms with E-state index >= 15 is 0 Å². The molecule has 0 bridgehead atoms. The maximum atomic E-state index is 12.4. The summed E-state index contributed by atoms with van der Waals surface area (Å²) in [6, 6.07) is 12.6. The molecule has 0 spiro atoms. The van der Waals surface area contributed by atoms with Gasteiger partial charge in [0, 0.05) is 24.5 Å². The first-order chi connectivity index (χ1) is 12.0. The Morgan fingerprint density at radius 3 is 2.40 bits per heavy atom. The smallest absolute Gasteiger partial charge is 0.237 e. The summed E-state index contributed by atoms with van der Waals surface area (Å²) in [5.74, 6) is -0.271. The molecular weight excluding hydrogens is 338 g/mol. The third-order valence-electron chi connectivity index (χ3n) is 3.41. The highest BCUT2D eigenvalue weighted by atomic mass is 32.2. The lowest BCUT2D eigenvalue weighted by atomic mass is 10.2. The Balaban J connectivity index is 1.63. The summed E-state index contributed by atoms with van der Waals surface area (Å²) in [6.45, 7) is 3.26. The van der Waals surface area contributed by atoms with Crippen molar-refractivity contribution in [3.05, 3.63) is 48.7 Å². The Hall–Kier alpha value is -2.87. The van der Waals surface area contributed by atoms with Gasteiger partial charge in [0.25, 0.3) is 0 Å². The molecule has 2 amide bonds. The van der Waals surface area contributed by atoms with E-state index in [1.54, 1.807) is 24.3 Å². The summed E-state index contributed by atoms with van der Waals surface area (Å²) in [5, 5.41) is 14.0. The Morgan fingerprint density at radius 2 is 1.72 bits per heavy atom. The molecule has 2 aromatic heterocycles. The van der Waals surface area contributed by atoms with Crippen LogP contribution >= 0.6 is 11.8 Å². The zero-order chi connectivity index (χ0) is 17.8. The molecule has 0 saturated heterocycles. The number of nitrogens with zero attached hydrogens (tertiary/aromatic N) is 3. The fourth-order valence-corrected chi connectivity index (χ4v) is 3.03. The van der Waals surface area contributed by atoms with Crippen molar-refractivity contribution < 1.29 is 9.59 Å². The predicted octanol–water partition coefficient (Wildman–Crippen LogP) is 2.81. The molecule has 2 N–H and O–H groups in total. The van der Waals surface area contributed by atoms with Gasteiger partial charge in [-0.3, -0.25) is 14.0 Å². The van der Waals surface area contributed by atoms with Gasteiger partial charge in [-0.05, 0) is 43.3 Å². The number of carbonyl (C=O) groups excluding carboxylic acids is 2. The highest BCUT2D eigenvalue weighted by Gasteiger charge is 2.18. The summed E-state index contributed by atoms with van der Waals surface area (Å²) < 4.78 is 1.84. The average Bonchev–Trinajstić information content (AvgIpc) is 2.99. The van der Waals surface area contributed by atoms with Crippen LogP contribution in [0.15, 0.2) is 53.8 Å². The van der Waals surface area contributed by atoms with Crippen LogP contribution in [0.4, 0.5) is 11.4 Å². The number of thioether (sulfide) groups is 1. The molecule has 0 unspecified atom stereocenters. The number of pyridine rings is 1. The molecule has 0 saturated carbocycles. The van der Waals surface area contributed by atoms with E-state index in [0.29, 0.717) is 16.5 Å². The molecule has 1 aromatic carbocycles. The van der Waals surface area contributed by atoms with Gasteiger partial charge in [-0.25, -0.2) is 0 Å². The van der Waals surface area contributed by atoms with Crippen LogP contribution in [0.2, 0.25) is 0 Å². The number of amides is 2. The van der Waals surface area contributed by atoms with Crippen LogP contribution in [0.1, 0.15) is 13.8 Å². The Labute approximate surface area is 148 Å². The standard InChI is InChI=1S/C17H17N5O2S/c1-11(25-17-21-20-15-5-3-4-10-22(15)17)16(24)19-14-8-6-13(7-9-14)18-12(2)23/h3-11H,1-2H3,(H,18,23)(H,19,24)/t11-/m0/s1. The molecule has 0 aliphatic rings. The molecule has 1 atom stereocenters. The van der Waals surface area contributed by atoms with Gasteiger partial charge >= 0.3 is 0 Å². The largest absolute Gasteiger partial charge is 0.326 e. The molecule has 3 aromatic rings. The van der Waals surface area contributed by atoms with Crippen LogP contribution in [0.5, 0.6) is 0 Å². The summed E-state index contributed by atoms with van der Waals surface area (Å²) >= 11 is 1.34. The molecule has 0 radical (unpaired) electrons. The SMILES string of the molecule is CC(=O)Nc1ccc(NC(=O)[C@H](C)Sc2nnc3ccccn23)cc1. The van der Waals surface area contributed by atoms with E-state index in [4.69, 9.17) is 0 Å². The monoisotopic (exact) mass is 355 g/mol. The van der Waals surface area contributed by atoms with Crippen molar-refractivity contribution in [1.29, 1.82) is 0 Å². The molecule has 0 aliphatic carbocycles. The van der Waals surface area contributed by atoms with Gasteiger partial charge < -0.3 is 10.6 Å². The lowest BCUT2D eigenvalue weighted by molar-refractivity contribution is -0.115. The molecule has 8 heteroatoms. The summed E-state index contributed by atoms with van der Waals surface area (Å²) in [5.41, 5.74) is 2.09. The van der Waals surface area contributed by atoms with Crippen molar-refractivity contribution in [2.24, 2.45) is 0 Å². The number of hydrogen-bond donors (Lipinski definition) is 2. The second-order valence-corrected chi connectivity index (χ2v) is 6.73. The van der Waals surface area contributed by atoms with E-state index in [1.165, 1.54) is 18.7 Å². The lowest BCUT2D eigenvalue weighted by Crippen LogP contribution is -2.22. The number of nitrogens with one attached hydrogen (secondary N) is 2. The number of aromatic nitrogens is 3. The van der Waals surface area contributed by atoms with Gasteiger partial charge in [0.1, 0.15) is 0 Å². The molecule has 25 heavy (non-hydrogen) atoms. The van der Waals surface area contributed by atoms with E-state index in [9.17, 15) is 9.59 Å². The molecule has 0 fully saturated rings. The topological polar surface area (TPSA) is 88.4 Å². The average molecular weight is 355 g/mol. The van der Waals surface area contributed by atoms with E-state index in [1.807, 2.05) is 35.7 Å². The van der Waals surface area contributed by atoms with Crippen LogP contribution in [0.25, 0.3) is 5.65 Å². The van der Waals surface area contributed by atoms with Gasteiger partial charge in [0.15, 0.2) is 10.8 Å². The normalized spacial score (nSPS) is 11.9. The van der Waals surface area contributed by atoms with E-state index in [-0.39, 0.29) is 17.1 Å². The minimum absolute atomic E-state index is 0.134. The van der Waals surface area contributed by atoms with Crippen LogP contribution in [0, 0.1) is 0 Å². The van der Waals surface area contributed by atoms with Crippen LogP contribution in [0.3, 0.4) is 0 Å². The second kappa shape index (κ2) is 7.35. The Bertz CT molecular complexity index is 907. The summed E-state index contributed by atoms with van der Waals surface area (Å²) in [6.07, 6.45) is 1.86. The Kier molecular flexibility index (Phi) is 4.99. The van der Waals surface area contributed by atoms with Gasteiger partial charge in [0.05, 0.1) is 5.25 Å². The van der Waals surface area contributed by atoms with Gasteiger partial charge in [-0.1, -0.05) is 17.8 Å². The van der Waals surface area contributed by atoms with Gasteiger partial charge in [-0.15, -0.1) is 10.2 Å². The van der Waals surface area contributed by atoms with Gasteiger partial charge in [-0.2, -0.15) is 0 Å². The van der Waals surface area contributed by atoms with Gasteiger partial charge in [0.2, 0.25) is 11.8 Å². The number of carbonyl (C=O) groups is 2. The van der Waals surface area contributed by atoms with Crippen LogP contribution in [-0.4, -0.2) is 31.7 Å². The third kappa shape index (κ3) is 4.16. The fourth-order valence-electron chi connectivity index (χ4n) is 2.20. The molecule has 7 nitrogen and oxygen atoms in total. The van der Waals surface area contributed by atoms with E-state index in [2.05, 4.69) is 20.8 Å². The fraction of sp³-hybridized carbons (Fsp3) is 0.176. The number of benzene rings is 1. The van der Waals surface area contributed by atoms with Crippen molar-refractivity contribution >= 4 is 40.6 Å². The predicted molar refractivity (Wildman–Crippen MR) is 97.7 cm³/mol. The first-order valence-electron chi connectivity index (χ1n) is 7.68. The molecule has 0 aliphatic heterocycles. The maximum Gasteiger partial charge on any atom is 0.237 e. The highest BCUT2D eigenvalue weighted by Crippen LogP contribution is 2.23. The number of rotatable bonds is 5. The molecule has 2 heterocycles. The van der Waals surface area contributed by atoms with Crippen LogP contribution < -0.4 is 10.6 Å². The Morgan fingerprint density at radius 1 is 1.04 bits per heavy atom. The lowest BCUT2D eigenvalue weighted by Gasteiger charge is -2.11. The van der Waals surface area contributed by atoms with Crippen molar-refractivity contribution in [2.75, 3.05) is 10.6 Å². The molecular formula is C17H17N5O2S. The number of anilines is 2. The summed E-state index contributed by atoms with van der Waals surface area (Å²) in [7, 11) is 0. The van der Waals surface area contributed by atoms with Crippen LogP contribution in [-0.2, 0) is 9.59 Å². The zero-order valence-electron chi connectivity index (χ0n) is 13.8. The second-order valence-electron chi connectivity index (χ2n) is 5.42. The highest BCUT2D eigenvalue weighted by molar-refractivity contribution is 8.00. The van der Waals surface area contributed by atoms with Crippen molar-refractivity contribution in [2.45, 2.75) is 24.3 Å². The van der Waals surface area contributed by atoms with E-state index in [0.717, 1.165) is 5.65 Å². The quantitative estimate of drug-likeness (QED) is 0.687.